The molecule has 3 heteroatoms. The van der Waals surface area contributed by atoms with Crippen LogP contribution in [-0.2, 0) is 4.79 Å². The highest BCUT2D eigenvalue weighted by Crippen LogP contribution is 2.25. The molecular weight excluding hydrogens is 188 g/mol. The van der Waals surface area contributed by atoms with Gasteiger partial charge >= 0.3 is 0 Å². The van der Waals surface area contributed by atoms with Gasteiger partial charge in [0.15, 0.2) is 0 Å². The number of carbonyl (C=O) groups excluding carboxylic acids is 1. The van der Waals surface area contributed by atoms with Gasteiger partial charge in [0.05, 0.1) is 0 Å². The molecule has 0 radical (unpaired) electrons. The predicted molar refractivity (Wildman–Crippen MR) is 62.7 cm³/mol. The summed E-state index contributed by atoms with van der Waals surface area (Å²) in [6.45, 7) is 1.79. The van der Waals surface area contributed by atoms with Crippen LogP contribution in [0.2, 0.25) is 0 Å². The van der Waals surface area contributed by atoms with Gasteiger partial charge in [0, 0.05) is 13.0 Å². The lowest BCUT2D eigenvalue weighted by Gasteiger charge is -2.20. The van der Waals surface area contributed by atoms with E-state index < -0.39 is 0 Å². The molecular formula is C12H24N2O. The van der Waals surface area contributed by atoms with Gasteiger partial charge in [-0.05, 0) is 38.8 Å². The number of hydrogen-bond donors (Lipinski definition) is 2. The maximum absolute atomic E-state index is 11.5. The molecule has 2 N–H and O–H groups in total. The summed E-state index contributed by atoms with van der Waals surface area (Å²) in [6.07, 6.45) is 8.27. The quantitative estimate of drug-likeness (QED) is 0.658. The smallest absolute Gasteiger partial charge is 0.220 e. The van der Waals surface area contributed by atoms with E-state index >= 15 is 0 Å². The molecule has 0 aliphatic heterocycles. The molecule has 1 rings (SSSR count). The van der Waals surface area contributed by atoms with E-state index in [-0.39, 0.29) is 5.91 Å². The van der Waals surface area contributed by atoms with Crippen LogP contribution in [0.4, 0.5) is 0 Å². The van der Waals surface area contributed by atoms with Gasteiger partial charge in [-0.3, -0.25) is 4.79 Å². The van der Waals surface area contributed by atoms with Gasteiger partial charge < -0.3 is 10.6 Å². The lowest BCUT2D eigenvalue weighted by Crippen LogP contribution is -2.28. The first-order chi connectivity index (χ1) is 7.33. The Bertz CT molecular complexity index is 176. The van der Waals surface area contributed by atoms with Gasteiger partial charge in [0.25, 0.3) is 0 Å². The van der Waals surface area contributed by atoms with Crippen LogP contribution in [0.1, 0.15) is 44.9 Å². The molecule has 88 valence electrons. The molecule has 0 unspecified atom stereocenters. The first-order valence-electron chi connectivity index (χ1n) is 6.24. The number of rotatable bonds is 6. The summed E-state index contributed by atoms with van der Waals surface area (Å²) in [6, 6.07) is 0. The zero-order chi connectivity index (χ0) is 10.9. The highest BCUT2D eigenvalue weighted by Gasteiger charge is 2.16. The molecule has 3 nitrogen and oxygen atoms in total. The van der Waals surface area contributed by atoms with Crippen LogP contribution < -0.4 is 10.6 Å². The van der Waals surface area contributed by atoms with Gasteiger partial charge in [-0.1, -0.05) is 19.3 Å². The molecule has 0 aromatic heterocycles. The van der Waals surface area contributed by atoms with E-state index in [1.54, 1.807) is 0 Å². The van der Waals surface area contributed by atoms with Gasteiger partial charge in [-0.15, -0.1) is 0 Å². The van der Waals surface area contributed by atoms with Crippen LogP contribution in [-0.4, -0.2) is 26.0 Å². The highest BCUT2D eigenvalue weighted by atomic mass is 16.1. The summed E-state index contributed by atoms with van der Waals surface area (Å²) in [7, 11) is 1.93. The molecule has 0 heterocycles. The summed E-state index contributed by atoms with van der Waals surface area (Å²) in [4.78, 5) is 11.5. The van der Waals surface area contributed by atoms with Crippen LogP contribution in [0.3, 0.4) is 0 Å². The van der Waals surface area contributed by atoms with Crippen molar-refractivity contribution >= 4 is 5.91 Å². The van der Waals surface area contributed by atoms with E-state index in [1.807, 2.05) is 7.05 Å². The van der Waals surface area contributed by atoms with Crippen molar-refractivity contribution in [3.05, 3.63) is 0 Å². The Hall–Kier alpha value is -0.570. The standard InChI is InChI=1S/C12H24N2O/c1-13-8-5-9-14-12(15)10-11-6-3-2-4-7-11/h11,13H,2-10H2,1H3,(H,14,15). The van der Waals surface area contributed by atoms with Crippen molar-refractivity contribution in [2.75, 3.05) is 20.1 Å². The third kappa shape index (κ3) is 5.78. The minimum atomic E-state index is 0.248. The first kappa shape index (κ1) is 12.5. The molecule has 0 atom stereocenters. The molecule has 0 spiro atoms. The molecule has 1 aliphatic rings. The van der Waals surface area contributed by atoms with Crippen LogP contribution in [0.5, 0.6) is 0 Å². The molecule has 1 amide bonds. The Balaban J connectivity index is 2.01. The molecule has 0 aromatic rings. The second-order valence-electron chi connectivity index (χ2n) is 4.52. The van der Waals surface area contributed by atoms with E-state index in [0.717, 1.165) is 25.9 Å². The normalized spacial score (nSPS) is 17.7. The van der Waals surface area contributed by atoms with Crippen LogP contribution in [0.15, 0.2) is 0 Å². The lowest BCUT2D eigenvalue weighted by molar-refractivity contribution is -0.122. The minimum absolute atomic E-state index is 0.248. The fraction of sp³-hybridized carbons (Fsp3) is 0.917. The summed E-state index contributed by atoms with van der Waals surface area (Å²) >= 11 is 0. The molecule has 0 saturated heterocycles. The number of nitrogens with one attached hydrogen (secondary N) is 2. The van der Waals surface area contributed by atoms with Gasteiger partial charge in [-0.2, -0.15) is 0 Å². The van der Waals surface area contributed by atoms with E-state index in [9.17, 15) is 4.79 Å². The molecule has 0 bridgehead atoms. The summed E-state index contributed by atoms with van der Waals surface area (Å²) in [5.74, 6) is 0.904. The Morgan fingerprint density at radius 3 is 2.60 bits per heavy atom. The van der Waals surface area contributed by atoms with Crippen LogP contribution in [0.25, 0.3) is 0 Å². The van der Waals surface area contributed by atoms with E-state index in [4.69, 9.17) is 0 Å². The topological polar surface area (TPSA) is 41.1 Å². The van der Waals surface area contributed by atoms with E-state index in [1.165, 1.54) is 32.1 Å². The SMILES string of the molecule is CNCCCNC(=O)CC1CCCCC1. The van der Waals surface area contributed by atoms with Crippen LogP contribution in [0, 0.1) is 5.92 Å². The van der Waals surface area contributed by atoms with Gasteiger partial charge in [0.2, 0.25) is 5.91 Å². The van der Waals surface area contributed by atoms with Crippen molar-refractivity contribution in [1.82, 2.24) is 10.6 Å². The maximum Gasteiger partial charge on any atom is 0.220 e. The fourth-order valence-electron chi connectivity index (χ4n) is 2.22. The first-order valence-corrected chi connectivity index (χ1v) is 6.24. The number of carbonyl (C=O) groups is 1. The molecule has 15 heavy (non-hydrogen) atoms. The Labute approximate surface area is 93.0 Å². The number of amides is 1. The maximum atomic E-state index is 11.5. The third-order valence-electron chi connectivity index (χ3n) is 3.12. The zero-order valence-corrected chi connectivity index (χ0v) is 9.85. The van der Waals surface area contributed by atoms with E-state index in [2.05, 4.69) is 10.6 Å². The molecule has 1 aliphatic carbocycles. The summed E-state index contributed by atoms with van der Waals surface area (Å²) < 4.78 is 0. The lowest BCUT2D eigenvalue weighted by atomic mass is 9.87. The monoisotopic (exact) mass is 212 g/mol. The number of hydrogen-bond acceptors (Lipinski definition) is 2. The Morgan fingerprint density at radius 2 is 1.93 bits per heavy atom. The molecule has 1 saturated carbocycles. The van der Waals surface area contributed by atoms with Crippen molar-refractivity contribution in [3.8, 4) is 0 Å². The highest BCUT2D eigenvalue weighted by molar-refractivity contribution is 5.76. The summed E-state index contributed by atoms with van der Waals surface area (Å²) in [5, 5.41) is 6.06. The average molecular weight is 212 g/mol. The van der Waals surface area contributed by atoms with Gasteiger partial charge in [0.1, 0.15) is 0 Å². The van der Waals surface area contributed by atoms with Gasteiger partial charge in [-0.25, -0.2) is 0 Å². The minimum Gasteiger partial charge on any atom is -0.356 e. The van der Waals surface area contributed by atoms with Crippen molar-refractivity contribution in [2.45, 2.75) is 44.9 Å². The molecule has 0 aromatic carbocycles. The zero-order valence-electron chi connectivity index (χ0n) is 9.85. The third-order valence-corrected chi connectivity index (χ3v) is 3.12. The van der Waals surface area contributed by atoms with Crippen LogP contribution >= 0.6 is 0 Å². The second kappa shape index (κ2) is 7.69. The van der Waals surface area contributed by atoms with Crippen molar-refractivity contribution < 1.29 is 4.79 Å². The molecule has 1 fully saturated rings. The summed E-state index contributed by atoms with van der Waals surface area (Å²) in [5.41, 5.74) is 0. The average Bonchev–Trinajstić information content (AvgIpc) is 2.26. The van der Waals surface area contributed by atoms with Crippen molar-refractivity contribution in [2.24, 2.45) is 5.92 Å². The van der Waals surface area contributed by atoms with Crippen molar-refractivity contribution in [1.29, 1.82) is 0 Å². The second-order valence-corrected chi connectivity index (χ2v) is 4.52. The Kier molecular flexibility index (Phi) is 6.41. The van der Waals surface area contributed by atoms with Crippen molar-refractivity contribution in [3.63, 3.8) is 0 Å². The Morgan fingerprint density at radius 1 is 1.20 bits per heavy atom. The van der Waals surface area contributed by atoms with E-state index in [0.29, 0.717) is 5.92 Å². The largest absolute Gasteiger partial charge is 0.356 e. The predicted octanol–water partition coefficient (Wildman–Crippen LogP) is 1.68. The fourth-order valence-corrected chi connectivity index (χ4v) is 2.22.